The largest absolute Gasteiger partial charge is 0.487 e. The molecular formula is C26H34N2O2. The highest BCUT2D eigenvalue weighted by molar-refractivity contribution is 5.94. The second-order valence-corrected chi connectivity index (χ2v) is 9.81. The van der Waals surface area contributed by atoms with Crippen LogP contribution < -0.4 is 10.1 Å². The van der Waals surface area contributed by atoms with Gasteiger partial charge in [0.15, 0.2) is 0 Å². The first-order valence-electron chi connectivity index (χ1n) is 11.2. The molecule has 0 radical (unpaired) electrons. The lowest BCUT2D eigenvalue weighted by molar-refractivity contribution is 0.0619. The van der Waals surface area contributed by atoms with Gasteiger partial charge < -0.3 is 10.1 Å². The molecule has 2 atom stereocenters. The van der Waals surface area contributed by atoms with Crippen molar-refractivity contribution in [3.8, 4) is 5.75 Å². The maximum atomic E-state index is 13.0. The summed E-state index contributed by atoms with van der Waals surface area (Å²) in [6.45, 7) is 11.9. The van der Waals surface area contributed by atoms with Gasteiger partial charge in [-0.2, -0.15) is 0 Å². The molecular weight excluding hydrogens is 372 g/mol. The Morgan fingerprint density at radius 2 is 1.97 bits per heavy atom. The predicted octanol–water partition coefficient (Wildman–Crippen LogP) is 5.26. The fourth-order valence-corrected chi connectivity index (χ4v) is 4.79. The summed E-state index contributed by atoms with van der Waals surface area (Å²) >= 11 is 0. The van der Waals surface area contributed by atoms with Crippen molar-refractivity contribution in [1.29, 1.82) is 0 Å². The molecule has 0 saturated carbocycles. The Hall–Kier alpha value is -2.33. The van der Waals surface area contributed by atoms with E-state index in [9.17, 15) is 4.79 Å². The second-order valence-electron chi connectivity index (χ2n) is 9.81. The van der Waals surface area contributed by atoms with E-state index in [1.165, 1.54) is 37.1 Å². The highest BCUT2D eigenvalue weighted by Gasteiger charge is 2.34. The first-order chi connectivity index (χ1) is 14.3. The third kappa shape index (κ3) is 4.86. The van der Waals surface area contributed by atoms with Crippen molar-refractivity contribution < 1.29 is 9.53 Å². The van der Waals surface area contributed by atoms with Gasteiger partial charge in [-0.3, -0.25) is 9.69 Å². The van der Waals surface area contributed by atoms with Gasteiger partial charge in [-0.15, -0.1) is 0 Å². The van der Waals surface area contributed by atoms with Gasteiger partial charge >= 0.3 is 0 Å². The van der Waals surface area contributed by atoms with Gasteiger partial charge in [-0.1, -0.05) is 36.8 Å². The number of aryl methyl sites for hydroxylation is 1. The maximum Gasteiger partial charge on any atom is 0.251 e. The Kier molecular flexibility index (Phi) is 5.88. The molecule has 0 aliphatic carbocycles. The molecule has 0 aromatic heterocycles. The van der Waals surface area contributed by atoms with Gasteiger partial charge in [0.25, 0.3) is 5.91 Å². The van der Waals surface area contributed by atoms with Gasteiger partial charge in [0.05, 0.1) is 6.04 Å². The number of amides is 1. The summed E-state index contributed by atoms with van der Waals surface area (Å²) < 4.78 is 6.13. The van der Waals surface area contributed by atoms with Crippen molar-refractivity contribution in [1.82, 2.24) is 10.2 Å². The van der Waals surface area contributed by atoms with Crippen molar-refractivity contribution in [2.75, 3.05) is 13.1 Å². The molecule has 4 rings (SSSR count). The van der Waals surface area contributed by atoms with Crippen LogP contribution in [0.2, 0.25) is 0 Å². The van der Waals surface area contributed by atoms with E-state index in [0.717, 1.165) is 30.2 Å². The minimum atomic E-state index is -0.310. The molecule has 2 aromatic carbocycles. The SMILES string of the molecule is Cc1ccc2c(c1)C(NC(=O)c1ccc(CN3CCCC(C)C3)cc1)CC(C)(C)O2. The van der Waals surface area contributed by atoms with Gasteiger partial charge in [0, 0.05) is 30.6 Å². The summed E-state index contributed by atoms with van der Waals surface area (Å²) in [5, 5.41) is 3.25. The van der Waals surface area contributed by atoms with E-state index in [1.54, 1.807) is 0 Å². The zero-order valence-electron chi connectivity index (χ0n) is 18.7. The number of carbonyl (C=O) groups is 1. The number of ether oxygens (including phenoxy) is 1. The average molecular weight is 407 g/mol. The number of likely N-dealkylation sites (tertiary alicyclic amines) is 1. The summed E-state index contributed by atoms with van der Waals surface area (Å²) in [7, 11) is 0. The molecule has 2 aromatic rings. The Balaban J connectivity index is 1.44. The lowest BCUT2D eigenvalue weighted by Gasteiger charge is -2.38. The fraction of sp³-hybridized carbons (Fsp3) is 0.500. The van der Waals surface area contributed by atoms with E-state index < -0.39 is 0 Å². The van der Waals surface area contributed by atoms with E-state index >= 15 is 0 Å². The number of hydrogen-bond donors (Lipinski definition) is 1. The van der Waals surface area contributed by atoms with E-state index in [0.29, 0.717) is 5.56 Å². The van der Waals surface area contributed by atoms with Crippen LogP contribution >= 0.6 is 0 Å². The Labute approximate surface area is 180 Å². The molecule has 2 heterocycles. The molecule has 4 heteroatoms. The number of nitrogens with one attached hydrogen (secondary N) is 1. The van der Waals surface area contributed by atoms with Crippen LogP contribution in [-0.4, -0.2) is 29.5 Å². The van der Waals surface area contributed by atoms with Crippen molar-refractivity contribution in [3.05, 3.63) is 64.7 Å². The van der Waals surface area contributed by atoms with Crippen LogP contribution in [0.15, 0.2) is 42.5 Å². The van der Waals surface area contributed by atoms with Crippen LogP contribution in [0.4, 0.5) is 0 Å². The van der Waals surface area contributed by atoms with Crippen molar-refractivity contribution >= 4 is 5.91 Å². The number of piperidine rings is 1. The van der Waals surface area contributed by atoms with Crippen LogP contribution in [0, 0.1) is 12.8 Å². The van der Waals surface area contributed by atoms with E-state index in [-0.39, 0.29) is 17.6 Å². The highest BCUT2D eigenvalue weighted by atomic mass is 16.5. The van der Waals surface area contributed by atoms with Crippen LogP contribution in [0.5, 0.6) is 5.75 Å². The molecule has 2 aliphatic rings. The molecule has 1 amide bonds. The molecule has 1 fully saturated rings. The van der Waals surface area contributed by atoms with Crippen molar-refractivity contribution in [2.45, 2.75) is 65.1 Å². The normalized spacial score (nSPS) is 23.3. The van der Waals surface area contributed by atoms with E-state index in [4.69, 9.17) is 4.74 Å². The maximum absolute atomic E-state index is 13.0. The number of nitrogens with zero attached hydrogens (tertiary/aromatic N) is 1. The number of fused-ring (bicyclic) bond motifs is 1. The molecule has 2 aliphatic heterocycles. The topological polar surface area (TPSA) is 41.6 Å². The monoisotopic (exact) mass is 406 g/mol. The first kappa shape index (κ1) is 20.9. The van der Waals surface area contributed by atoms with E-state index in [1.807, 2.05) is 18.2 Å². The Bertz CT molecular complexity index is 904. The molecule has 30 heavy (non-hydrogen) atoms. The number of benzene rings is 2. The molecule has 160 valence electrons. The molecule has 2 unspecified atom stereocenters. The molecule has 0 bridgehead atoms. The van der Waals surface area contributed by atoms with Crippen molar-refractivity contribution in [3.63, 3.8) is 0 Å². The van der Waals surface area contributed by atoms with E-state index in [2.05, 4.69) is 62.2 Å². The minimum Gasteiger partial charge on any atom is -0.487 e. The Morgan fingerprint density at radius 1 is 1.20 bits per heavy atom. The molecule has 4 nitrogen and oxygen atoms in total. The second kappa shape index (κ2) is 8.43. The van der Waals surface area contributed by atoms with Gasteiger partial charge in [-0.25, -0.2) is 0 Å². The van der Waals surface area contributed by atoms with Crippen LogP contribution in [-0.2, 0) is 6.54 Å². The average Bonchev–Trinajstić information content (AvgIpc) is 2.68. The first-order valence-corrected chi connectivity index (χ1v) is 11.2. The molecule has 1 N–H and O–H groups in total. The third-order valence-electron chi connectivity index (χ3n) is 6.29. The number of rotatable bonds is 4. The standard InChI is InChI=1S/C26H34N2O2/c1-18-7-12-24-22(14-18)23(15-26(3,4)30-24)27-25(29)21-10-8-20(9-11-21)17-28-13-5-6-19(2)16-28/h7-12,14,19,23H,5-6,13,15-17H2,1-4H3,(H,27,29). The molecule has 0 spiro atoms. The van der Waals surface area contributed by atoms with Crippen LogP contribution in [0.3, 0.4) is 0 Å². The van der Waals surface area contributed by atoms with Crippen LogP contribution in [0.25, 0.3) is 0 Å². The van der Waals surface area contributed by atoms with Gasteiger partial charge in [0.2, 0.25) is 0 Å². The predicted molar refractivity (Wildman–Crippen MR) is 121 cm³/mol. The smallest absolute Gasteiger partial charge is 0.251 e. The zero-order chi connectivity index (χ0) is 21.3. The highest BCUT2D eigenvalue weighted by Crippen LogP contribution is 2.40. The molecule has 1 saturated heterocycles. The summed E-state index contributed by atoms with van der Waals surface area (Å²) in [6, 6.07) is 14.3. The number of hydrogen-bond acceptors (Lipinski definition) is 3. The van der Waals surface area contributed by atoms with Gasteiger partial charge in [0.1, 0.15) is 11.4 Å². The fourth-order valence-electron chi connectivity index (χ4n) is 4.79. The van der Waals surface area contributed by atoms with Crippen LogP contribution in [0.1, 0.15) is 73.1 Å². The third-order valence-corrected chi connectivity index (χ3v) is 6.29. The van der Waals surface area contributed by atoms with Gasteiger partial charge in [-0.05, 0) is 69.8 Å². The lowest BCUT2D eigenvalue weighted by Crippen LogP contribution is -2.41. The summed E-state index contributed by atoms with van der Waals surface area (Å²) in [6.07, 6.45) is 3.37. The summed E-state index contributed by atoms with van der Waals surface area (Å²) in [4.78, 5) is 15.5. The summed E-state index contributed by atoms with van der Waals surface area (Å²) in [5.74, 6) is 1.62. The summed E-state index contributed by atoms with van der Waals surface area (Å²) in [5.41, 5.74) is 3.92. The minimum absolute atomic E-state index is 0.0247. The van der Waals surface area contributed by atoms with Crippen molar-refractivity contribution in [2.24, 2.45) is 5.92 Å². The number of carbonyl (C=O) groups excluding carboxylic acids is 1. The zero-order valence-corrected chi connectivity index (χ0v) is 18.7. The lowest BCUT2D eigenvalue weighted by atomic mass is 9.88. The Morgan fingerprint density at radius 3 is 2.70 bits per heavy atom. The quantitative estimate of drug-likeness (QED) is 0.753.